The van der Waals surface area contributed by atoms with Gasteiger partial charge in [-0.15, -0.1) is 11.3 Å². The van der Waals surface area contributed by atoms with Crippen LogP contribution >= 0.6 is 11.3 Å². The first-order chi connectivity index (χ1) is 14.7. The molecule has 1 aliphatic heterocycles. The minimum Gasteiger partial charge on any atom is -0.379 e. The van der Waals surface area contributed by atoms with Gasteiger partial charge in [0.15, 0.2) is 0 Å². The quantitative estimate of drug-likeness (QED) is 0.628. The summed E-state index contributed by atoms with van der Waals surface area (Å²) in [6.07, 6.45) is 0.378. The second-order valence-corrected chi connectivity index (χ2v) is 8.19. The predicted molar refractivity (Wildman–Crippen MR) is 115 cm³/mol. The number of nitrogens with zero attached hydrogens (tertiary/aromatic N) is 3. The van der Waals surface area contributed by atoms with Gasteiger partial charge in [-0.2, -0.15) is 5.26 Å². The van der Waals surface area contributed by atoms with E-state index in [4.69, 9.17) is 10.00 Å². The number of amides is 1. The number of ether oxygens (including phenoxy) is 1. The number of nitriles is 1. The molecule has 1 N–H and O–H groups in total. The fourth-order valence-corrected chi connectivity index (χ4v) is 4.23. The molecular formula is C22H27FN4O2S. The smallest absolute Gasteiger partial charge is 0.234 e. The first kappa shape index (κ1) is 22.4. The van der Waals surface area contributed by atoms with Crippen LogP contribution in [0.4, 0.5) is 4.39 Å². The van der Waals surface area contributed by atoms with Crippen LogP contribution in [-0.2, 0) is 9.53 Å². The van der Waals surface area contributed by atoms with Crippen LogP contribution in [0.2, 0.25) is 0 Å². The zero-order valence-electron chi connectivity index (χ0n) is 16.9. The summed E-state index contributed by atoms with van der Waals surface area (Å²) in [7, 11) is 0. The van der Waals surface area contributed by atoms with E-state index >= 15 is 0 Å². The third kappa shape index (κ3) is 6.89. The molecule has 1 fully saturated rings. The second-order valence-electron chi connectivity index (χ2n) is 7.21. The van der Waals surface area contributed by atoms with Crippen LogP contribution in [0.15, 0.2) is 41.8 Å². The summed E-state index contributed by atoms with van der Waals surface area (Å²) in [5.41, 5.74) is 0.837. The monoisotopic (exact) mass is 430 g/mol. The zero-order valence-corrected chi connectivity index (χ0v) is 17.7. The molecule has 6 nitrogen and oxygen atoms in total. The molecule has 0 bridgehead atoms. The molecule has 1 aromatic carbocycles. The van der Waals surface area contributed by atoms with Gasteiger partial charge in [0.2, 0.25) is 5.91 Å². The van der Waals surface area contributed by atoms with Crippen molar-refractivity contribution in [3.63, 3.8) is 0 Å². The average Bonchev–Trinajstić information content (AvgIpc) is 3.30. The molecule has 0 saturated carbocycles. The van der Waals surface area contributed by atoms with Crippen molar-refractivity contribution in [1.29, 1.82) is 5.26 Å². The predicted octanol–water partition coefficient (Wildman–Crippen LogP) is 2.64. The first-order valence-corrected chi connectivity index (χ1v) is 11.0. The summed E-state index contributed by atoms with van der Waals surface area (Å²) in [6.45, 7) is 5.58. The Morgan fingerprint density at radius 2 is 2.03 bits per heavy atom. The maximum Gasteiger partial charge on any atom is 0.234 e. The van der Waals surface area contributed by atoms with Gasteiger partial charge in [0.05, 0.1) is 31.9 Å². The van der Waals surface area contributed by atoms with E-state index in [2.05, 4.69) is 16.3 Å². The third-order valence-electron chi connectivity index (χ3n) is 5.08. The lowest BCUT2D eigenvalue weighted by Gasteiger charge is -2.30. The van der Waals surface area contributed by atoms with Gasteiger partial charge in [-0.1, -0.05) is 18.2 Å². The molecule has 8 heteroatoms. The van der Waals surface area contributed by atoms with Gasteiger partial charge in [0.1, 0.15) is 5.82 Å². The van der Waals surface area contributed by atoms with Crippen LogP contribution in [-0.4, -0.2) is 68.2 Å². The lowest BCUT2D eigenvalue weighted by atomic mass is 10.1. The van der Waals surface area contributed by atoms with Crippen molar-refractivity contribution in [3.05, 3.63) is 58.0 Å². The van der Waals surface area contributed by atoms with Crippen LogP contribution in [0.3, 0.4) is 0 Å². The maximum atomic E-state index is 13.4. The Morgan fingerprint density at radius 3 is 2.70 bits per heavy atom. The van der Waals surface area contributed by atoms with Crippen molar-refractivity contribution in [3.8, 4) is 6.07 Å². The molecule has 1 aromatic heterocycles. The molecule has 1 saturated heterocycles. The Hall–Kier alpha value is -2.31. The van der Waals surface area contributed by atoms with Gasteiger partial charge in [-0.3, -0.25) is 14.6 Å². The number of hydrogen-bond donors (Lipinski definition) is 1. The number of benzene rings is 1. The molecular weight excluding hydrogens is 403 g/mol. The number of nitrogens with one attached hydrogen (secondary N) is 1. The van der Waals surface area contributed by atoms with E-state index in [0.717, 1.165) is 49.8 Å². The molecule has 0 radical (unpaired) electrons. The van der Waals surface area contributed by atoms with E-state index in [-0.39, 0.29) is 24.3 Å². The number of thiophene rings is 1. The lowest BCUT2D eigenvalue weighted by Crippen LogP contribution is -2.45. The number of halogens is 1. The first-order valence-electron chi connectivity index (χ1n) is 10.1. The topological polar surface area (TPSA) is 68.6 Å². The fourth-order valence-electron chi connectivity index (χ4n) is 3.42. The molecule has 0 spiro atoms. The van der Waals surface area contributed by atoms with E-state index in [1.807, 2.05) is 22.4 Å². The molecule has 0 aliphatic carbocycles. The van der Waals surface area contributed by atoms with Crippen molar-refractivity contribution in [2.75, 3.05) is 52.5 Å². The highest BCUT2D eigenvalue weighted by Gasteiger charge is 2.20. The van der Waals surface area contributed by atoms with Gasteiger partial charge in [0.25, 0.3) is 0 Å². The average molecular weight is 431 g/mol. The maximum absolute atomic E-state index is 13.4. The molecule has 160 valence electrons. The van der Waals surface area contributed by atoms with E-state index in [1.165, 1.54) is 12.1 Å². The number of carbonyl (C=O) groups excluding carboxylic acids is 1. The van der Waals surface area contributed by atoms with Crippen molar-refractivity contribution in [1.82, 2.24) is 15.1 Å². The number of carbonyl (C=O) groups is 1. The molecule has 1 atom stereocenters. The summed E-state index contributed by atoms with van der Waals surface area (Å²) in [5, 5.41) is 14.0. The van der Waals surface area contributed by atoms with Gasteiger partial charge in [-0.25, -0.2) is 4.39 Å². The zero-order chi connectivity index (χ0) is 21.2. The van der Waals surface area contributed by atoms with Crippen LogP contribution in [0.25, 0.3) is 0 Å². The molecule has 2 aromatic rings. The standard InChI is InChI=1S/C22H27FN4O2S/c23-19-6-4-18(5-7-19)22(20-3-1-16-30-20)25-21(28)17-27(9-2-8-24)11-10-26-12-14-29-15-13-26/h1,3-7,16,22H,2,9-15,17H2,(H,25,28). The summed E-state index contributed by atoms with van der Waals surface area (Å²) < 4.78 is 18.7. The van der Waals surface area contributed by atoms with Crippen molar-refractivity contribution < 1.29 is 13.9 Å². The summed E-state index contributed by atoms with van der Waals surface area (Å²) >= 11 is 1.55. The highest BCUT2D eigenvalue weighted by Crippen LogP contribution is 2.26. The van der Waals surface area contributed by atoms with E-state index < -0.39 is 0 Å². The molecule has 2 heterocycles. The number of hydrogen-bond acceptors (Lipinski definition) is 6. The van der Waals surface area contributed by atoms with E-state index in [9.17, 15) is 9.18 Å². The van der Waals surface area contributed by atoms with Gasteiger partial charge < -0.3 is 10.1 Å². The minimum absolute atomic E-state index is 0.113. The molecule has 30 heavy (non-hydrogen) atoms. The van der Waals surface area contributed by atoms with Crippen molar-refractivity contribution >= 4 is 17.2 Å². The number of rotatable bonds is 10. The third-order valence-corrected chi connectivity index (χ3v) is 6.02. The number of morpholine rings is 1. The minimum atomic E-state index is -0.324. The Balaban J connectivity index is 1.62. The van der Waals surface area contributed by atoms with Crippen LogP contribution in [0, 0.1) is 17.1 Å². The highest BCUT2D eigenvalue weighted by molar-refractivity contribution is 7.10. The summed E-state index contributed by atoms with van der Waals surface area (Å²) in [4.78, 5) is 18.2. The van der Waals surface area contributed by atoms with Gasteiger partial charge in [-0.05, 0) is 29.1 Å². The van der Waals surface area contributed by atoms with Crippen LogP contribution < -0.4 is 5.32 Å². The van der Waals surface area contributed by atoms with Gasteiger partial charge in [0, 0.05) is 44.0 Å². The molecule has 1 aliphatic rings. The normalized spacial score (nSPS) is 15.6. The highest BCUT2D eigenvalue weighted by atomic mass is 32.1. The van der Waals surface area contributed by atoms with Crippen LogP contribution in [0.1, 0.15) is 22.9 Å². The Kier molecular flexibility index (Phi) is 8.78. The summed E-state index contributed by atoms with van der Waals surface area (Å²) in [6, 6.07) is 12.0. The van der Waals surface area contributed by atoms with E-state index in [1.54, 1.807) is 23.5 Å². The molecule has 3 rings (SSSR count). The van der Waals surface area contributed by atoms with Crippen LogP contribution in [0.5, 0.6) is 0 Å². The van der Waals surface area contributed by atoms with E-state index in [0.29, 0.717) is 13.0 Å². The van der Waals surface area contributed by atoms with Crippen molar-refractivity contribution in [2.45, 2.75) is 12.5 Å². The largest absolute Gasteiger partial charge is 0.379 e. The lowest BCUT2D eigenvalue weighted by molar-refractivity contribution is -0.122. The Morgan fingerprint density at radius 1 is 1.27 bits per heavy atom. The van der Waals surface area contributed by atoms with Gasteiger partial charge >= 0.3 is 0 Å². The summed E-state index contributed by atoms with van der Waals surface area (Å²) in [5.74, 6) is -0.418. The fraction of sp³-hybridized carbons (Fsp3) is 0.455. The van der Waals surface area contributed by atoms with Crippen molar-refractivity contribution in [2.24, 2.45) is 0 Å². The Labute approximate surface area is 180 Å². The molecule has 1 unspecified atom stereocenters. The molecule has 1 amide bonds. The SMILES string of the molecule is N#CCCN(CCN1CCOCC1)CC(=O)NC(c1ccc(F)cc1)c1cccs1. The second kappa shape index (κ2) is 11.8. The Bertz CT molecular complexity index is 817.